The standard InChI is InChI=1S/C16H36N4S.HI/c1-7-17-15(19-14-16(4,5)21-6)18-12-10-11-13-20(8-2)9-3;/h7-14H2,1-6H3,(H2,17,18,19);1H. The highest BCUT2D eigenvalue weighted by Gasteiger charge is 2.15. The van der Waals surface area contributed by atoms with Crippen LogP contribution in [0.3, 0.4) is 0 Å². The zero-order valence-electron chi connectivity index (χ0n) is 15.4. The second kappa shape index (κ2) is 14.9. The van der Waals surface area contributed by atoms with Gasteiger partial charge in [0.1, 0.15) is 0 Å². The van der Waals surface area contributed by atoms with E-state index in [0.717, 1.165) is 38.7 Å². The van der Waals surface area contributed by atoms with Gasteiger partial charge in [-0.25, -0.2) is 0 Å². The molecular weight excluding hydrogens is 407 g/mol. The van der Waals surface area contributed by atoms with E-state index in [1.807, 2.05) is 11.8 Å². The third kappa shape index (κ3) is 12.8. The Kier molecular flexibility index (Phi) is 16.6. The monoisotopic (exact) mass is 444 g/mol. The van der Waals surface area contributed by atoms with Crippen LogP contribution in [0.2, 0.25) is 0 Å². The molecule has 0 aliphatic carbocycles. The lowest BCUT2D eigenvalue weighted by Crippen LogP contribution is -2.39. The molecule has 0 aliphatic rings. The van der Waals surface area contributed by atoms with Crippen molar-refractivity contribution in [2.45, 2.75) is 52.2 Å². The summed E-state index contributed by atoms with van der Waals surface area (Å²) in [5.41, 5.74) is 0. The third-order valence-electron chi connectivity index (χ3n) is 3.60. The van der Waals surface area contributed by atoms with Gasteiger partial charge in [0.25, 0.3) is 0 Å². The third-order valence-corrected chi connectivity index (χ3v) is 4.84. The predicted molar refractivity (Wildman–Crippen MR) is 114 cm³/mol. The SMILES string of the molecule is CCNC(=NCC(C)(C)SC)NCCCCN(CC)CC.I. The first-order valence-electron chi connectivity index (χ1n) is 8.28. The first-order chi connectivity index (χ1) is 9.99. The molecule has 0 aromatic rings. The molecule has 0 saturated heterocycles. The van der Waals surface area contributed by atoms with Crippen LogP contribution in [-0.4, -0.2) is 61.1 Å². The van der Waals surface area contributed by atoms with E-state index in [1.54, 1.807) is 0 Å². The molecule has 0 unspecified atom stereocenters. The van der Waals surface area contributed by atoms with E-state index in [1.165, 1.54) is 19.4 Å². The molecule has 2 N–H and O–H groups in total. The summed E-state index contributed by atoms with van der Waals surface area (Å²) in [4.78, 5) is 7.16. The topological polar surface area (TPSA) is 39.7 Å². The zero-order valence-corrected chi connectivity index (χ0v) is 18.5. The first kappa shape index (κ1) is 24.6. The fourth-order valence-electron chi connectivity index (χ4n) is 1.88. The van der Waals surface area contributed by atoms with E-state index >= 15 is 0 Å². The molecule has 0 fully saturated rings. The van der Waals surface area contributed by atoms with Gasteiger partial charge in [0, 0.05) is 17.8 Å². The number of hydrogen-bond acceptors (Lipinski definition) is 3. The Morgan fingerprint density at radius 2 is 1.73 bits per heavy atom. The summed E-state index contributed by atoms with van der Waals surface area (Å²) in [7, 11) is 0. The molecule has 0 amide bonds. The van der Waals surface area contributed by atoms with Crippen LogP contribution in [0.15, 0.2) is 4.99 Å². The fourth-order valence-corrected chi connectivity index (χ4v) is 2.08. The summed E-state index contributed by atoms with van der Waals surface area (Å²) in [6.45, 7) is 17.3. The van der Waals surface area contributed by atoms with Gasteiger partial charge in [-0.2, -0.15) is 11.8 Å². The van der Waals surface area contributed by atoms with Crippen molar-refractivity contribution in [3.8, 4) is 0 Å². The lowest BCUT2D eigenvalue weighted by atomic mass is 10.2. The van der Waals surface area contributed by atoms with Crippen molar-refractivity contribution in [3.63, 3.8) is 0 Å². The first-order valence-corrected chi connectivity index (χ1v) is 9.51. The minimum absolute atomic E-state index is 0. The Labute approximate surface area is 159 Å². The van der Waals surface area contributed by atoms with Crippen molar-refractivity contribution in [3.05, 3.63) is 0 Å². The number of nitrogens with zero attached hydrogens (tertiary/aromatic N) is 2. The van der Waals surface area contributed by atoms with Crippen molar-refractivity contribution < 1.29 is 0 Å². The van der Waals surface area contributed by atoms with Crippen LogP contribution in [0, 0.1) is 0 Å². The van der Waals surface area contributed by atoms with Gasteiger partial charge in [-0.05, 0) is 59.5 Å². The molecule has 0 bridgehead atoms. The molecule has 0 saturated carbocycles. The number of aliphatic imine (C=N–C) groups is 1. The number of unbranched alkanes of at least 4 members (excludes halogenated alkanes) is 1. The maximum absolute atomic E-state index is 4.68. The number of hydrogen-bond donors (Lipinski definition) is 2. The molecule has 0 radical (unpaired) electrons. The Hall–Kier alpha value is 0.310. The van der Waals surface area contributed by atoms with Crippen molar-refractivity contribution in [2.75, 3.05) is 45.5 Å². The van der Waals surface area contributed by atoms with Crippen LogP contribution in [0.4, 0.5) is 0 Å². The van der Waals surface area contributed by atoms with Gasteiger partial charge < -0.3 is 15.5 Å². The molecule has 0 atom stereocenters. The lowest BCUT2D eigenvalue weighted by Gasteiger charge is -2.20. The maximum Gasteiger partial charge on any atom is 0.191 e. The minimum atomic E-state index is 0. The van der Waals surface area contributed by atoms with Crippen molar-refractivity contribution in [1.82, 2.24) is 15.5 Å². The minimum Gasteiger partial charge on any atom is -0.357 e. The van der Waals surface area contributed by atoms with Crippen LogP contribution >= 0.6 is 35.7 Å². The van der Waals surface area contributed by atoms with Crippen LogP contribution in [0.1, 0.15) is 47.5 Å². The molecule has 0 aromatic carbocycles. The molecule has 0 aromatic heterocycles. The molecular formula is C16H37IN4S. The number of guanidine groups is 1. The summed E-state index contributed by atoms with van der Waals surface area (Å²) in [5, 5.41) is 6.76. The second-order valence-electron chi connectivity index (χ2n) is 5.82. The predicted octanol–water partition coefficient (Wildman–Crippen LogP) is 3.42. The second-order valence-corrected chi connectivity index (χ2v) is 7.33. The summed E-state index contributed by atoms with van der Waals surface area (Å²) < 4.78 is 0.200. The smallest absolute Gasteiger partial charge is 0.191 e. The van der Waals surface area contributed by atoms with Gasteiger partial charge in [-0.15, -0.1) is 24.0 Å². The Morgan fingerprint density at radius 3 is 2.23 bits per heavy atom. The van der Waals surface area contributed by atoms with E-state index < -0.39 is 0 Å². The van der Waals surface area contributed by atoms with Crippen LogP contribution in [0.25, 0.3) is 0 Å². The quantitative estimate of drug-likeness (QED) is 0.222. The number of nitrogens with one attached hydrogen (secondary N) is 2. The van der Waals surface area contributed by atoms with Gasteiger partial charge in [0.2, 0.25) is 0 Å². The van der Waals surface area contributed by atoms with Gasteiger partial charge in [0.15, 0.2) is 5.96 Å². The van der Waals surface area contributed by atoms with E-state index in [-0.39, 0.29) is 28.7 Å². The molecule has 22 heavy (non-hydrogen) atoms. The Bertz CT molecular complexity index is 281. The lowest BCUT2D eigenvalue weighted by molar-refractivity contribution is 0.297. The van der Waals surface area contributed by atoms with Crippen molar-refractivity contribution >= 4 is 41.7 Å². The molecule has 0 rings (SSSR count). The maximum atomic E-state index is 4.68. The van der Waals surface area contributed by atoms with Crippen molar-refractivity contribution in [2.24, 2.45) is 4.99 Å². The molecule has 4 nitrogen and oxygen atoms in total. The Morgan fingerprint density at radius 1 is 1.09 bits per heavy atom. The molecule has 134 valence electrons. The summed E-state index contributed by atoms with van der Waals surface area (Å²) in [5.74, 6) is 0.947. The van der Waals surface area contributed by atoms with E-state index in [2.05, 4.69) is 61.4 Å². The average molecular weight is 444 g/mol. The van der Waals surface area contributed by atoms with Gasteiger partial charge in [0.05, 0.1) is 6.54 Å². The van der Waals surface area contributed by atoms with E-state index in [4.69, 9.17) is 0 Å². The average Bonchev–Trinajstić information content (AvgIpc) is 2.48. The molecule has 6 heteroatoms. The highest BCUT2D eigenvalue weighted by atomic mass is 127. The normalized spacial score (nSPS) is 12.2. The number of halogens is 1. The van der Waals surface area contributed by atoms with Crippen LogP contribution in [0.5, 0.6) is 0 Å². The number of rotatable bonds is 11. The molecule has 0 spiro atoms. The fraction of sp³-hybridized carbons (Fsp3) is 0.938. The highest BCUT2D eigenvalue weighted by Crippen LogP contribution is 2.20. The Balaban J connectivity index is 0. The highest BCUT2D eigenvalue weighted by molar-refractivity contribution is 14.0. The largest absolute Gasteiger partial charge is 0.357 e. The van der Waals surface area contributed by atoms with E-state index in [9.17, 15) is 0 Å². The van der Waals surface area contributed by atoms with Gasteiger partial charge in [-0.3, -0.25) is 4.99 Å². The van der Waals surface area contributed by atoms with Gasteiger partial charge >= 0.3 is 0 Å². The molecule has 0 aliphatic heterocycles. The van der Waals surface area contributed by atoms with Crippen LogP contribution in [-0.2, 0) is 0 Å². The number of thioether (sulfide) groups is 1. The summed E-state index contributed by atoms with van der Waals surface area (Å²) in [6, 6.07) is 0. The zero-order chi connectivity index (χ0) is 16.1. The van der Waals surface area contributed by atoms with Crippen molar-refractivity contribution in [1.29, 1.82) is 0 Å². The van der Waals surface area contributed by atoms with Gasteiger partial charge in [-0.1, -0.05) is 13.8 Å². The van der Waals surface area contributed by atoms with E-state index in [0.29, 0.717) is 0 Å². The summed E-state index contributed by atoms with van der Waals surface area (Å²) in [6.07, 6.45) is 4.57. The van der Waals surface area contributed by atoms with Crippen LogP contribution < -0.4 is 10.6 Å². The summed E-state index contributed by atoms with van der Waals surface area (Å²) >= 11 is 1.86. The molecule has 0 heterocycles.